The number of rotatable bonds is 9. The number of nitrogens with zero attached hydrogens (tertiary/aromatic N) is 1. The molecule has 0 saturated heterocycles. The van der Waals surface area contributed by atoms with Crippen LogP contribution in [0.15, 0.2) is 48.5 Å². The lowest BCUT2D eigenvalue weighted by Crippen LogP contribution is -2.42. The number of hydrogen-bond acceptors (Lipinski definition) is 5. The summed E-state index contributed by atoms with van der Waals surface area (Å²) in [5.74, 6) is -1.29. The van der Waals surface area contributed by atoms with Gasteiger partial charge >= 0.3 is 5.97 Å². The summed E-state index contributed by atoms with van der Waals surface area (Å²) in [6, 6.07) is 12.7. The van der Waals surface area contributed by atoms with Crippen LogP contribution < -0.4 is 15.4 Å². The number of aromatic nitrogens is 1. The van der Waals surface area contributed by atoms with Gasteiger partial charge in [-0.2, -0.15) is 0 Å². The number of aliphatic carboxylic acids is 1. The Kier molecular flexibility index (Phi) is 8.05. The van der Waals surface area contributed by atoms with Crippen LogP contribution in [-0.4, -0.2) is 41.2 Å². The molecule has 7 nitrogen and oxygen atoms in total. The van der Waals surface area contributed by atoms with E-state index in [0.717, 1.165) is 30.9 Å². The molecular weight excluding hydrogens is 485 g/mol. The molecule has 1 aliphatic heterocycles. The summed E-state index contributed by atoms with van der Waals surface area (Å²) in [7, 11) is 0. The van der Waals surface area contributed by atoms with E-state index in [0.29, 0.717) is 24.3 Å². The van der Waals surface area contributed by atoms with Crippen molar-refractivity contribution in [1.82, 2.24) is 10.3 Å². The summed E-state index contributed by atoms with van der Waals surface area (Å²) in [6.07, 6.45) is 2.83. The van der Waals surface area contributed by atoms with Crippen molar-refractivity contribution in [3.8, 4) is 5.75 Å². The third kappa shape index (κ3) is 6.12. The molecule has 36 heavy (non-hydrogen) atoms. The highest BCUT2D eigenvalue weighted by Gasteiger charge is 2.25. The number of fused-ring (bicyclic) bond motifs is 1. The summed E-state index contributed by atoms with van der Waals surface area (Å²) in [5.41, 5.74) is 2.74. The monoisotopic (exact) mass is 511 g/mol. The van der Waals surface area contributed by atoms with Crippen molar-refractivity contribution in [1.29, 1.82) is 0 Å². The number of pyridine rings is 1. The number of halogens is 2. The Bertz CT molecular complexity index is 1270. The highest BCUT2D eigenvalue weighted by atomic mass is 35.5. The minimum Gasteiger partial charge on any atom is -0.493 e. The number of anilines is 1. The first-order valence-electron chi connectivity index (χ1n) is 11.7. The smallest absolute Gasteiger partial charge is 0.326 e. The maximum absolute atomic E-state index is 14.4. The highest BCUT2D eigenvalue weighted by Crippen LogP contribution is 2.23. The highest BCUT2D eigenvalue weighted by molar-refractivity contribution is 6.34. The number of aryl methyl sites for hydroxylation is 2. The Labute approximate surface area is 213 Å². The van der Waals surface area contributed by atoms with Crippen LogP contribution in [0.3, 0.4) is 0 Å². The van der Waals surface area contributed by atoms with E-state index in [1.165, 1.54) is 24.6 Å². The normalized spacial score (nSPS) is 13.3. The molecule has 1 atom stereocenters. The van der Waals surface area contributed by atoms with Crippen LogP contribution in [0.1, 0.15) is 39.2 Å². The second kappa shape index (κ2) is 11.4. The van der Waals surface area contributed by atoms with Gasteiger partial charge in [-0.15, -0.1) is 0 Å². The zero-order chi connectivity index (χ0) is 25.7. The molecule has 0 spiro atoms. The molecule has 0 saturated carbocycles. The average Bonchev–Trinajstić information content (AvgIpc) is 2.87. The van der Waals surface area contributed by atoms with E-state index in [-0.39, 0.29) is 22.6 Å². The third-order valence-electron chi connectivity index (χ3n) is 6.06. The Balaban J connectivity index is 1.33. The molecule has 1 aromatic heterocycles. The molecule has 0 bridgehead atoms. The summed E-state index contributed by atoms with van der Waals surface area (Å²) in [5, 5.41) is 15.2. The second-order valence-electron chi connectivity index (χ2n) is 8.70. The molecule has 2 heterocycles. The maximum Gasteiger partial charge on any atom is 0.326 e. The lowest BCUT2D eigenvalue weighted by molar-refractivity contribution is -0.139. The first-order chi connectivity index (χ1) is 17.3. The summed E-state index contributed by atoms with van der Waals surface area (Å²) in [4.78, 5) is 29.0. The molecule has 2 aromatic carbocycles. The molecule has 0 radical (unpaired) electrons. The average molecular weight is 512 g/mol. The van der Waals surface area contributed by atoms with Crippen molar-refractivity contribution in [2.75, 3.05) is 18.5 Å². The second-order valence-corrected chi connectivity index (χ2v) is 9.11. The molecule has 0 unspecified atom stereocenters. The molecule has 4 rings (SSSR count). The van der Waals surface area contributed by atoms with Crippen LogP contribution in [0.25, 0.3) is 0 Å². The molecule has 3 N–H and O–H groups in total. The molecule has 0 aliphatic carbocycles. The van der Waals surface area contributed by atoms with E-state index in [4.69, 9.17) is 16.3 Å². The van der Waals surface area contributed by atoms with Crippen molar-refractivity contribution in [2.24, 2.45) is 0 Å². The first kappa shape index (κ1) is 25.4. The minimum atomic E-state index is -1.26. The number of benzene rings is 2. The summed E-state index contributed by atoms with van der Waals surface area (Å²) >= 11 is 5.98. The zero-order valence-corrected chi connectivity index (χ0v) is 20.6. The number of amides is 1. The van der Waals surface area contributed by atoms with Crippen molar-refractivity contribution in [2.45, 2.75) is 38.6 Å². The van der Waals surface area contributed by atoms with Crippen LogP contribution in [-0.2, 0) is 24.1 Å². The Hall–Kier alpha value is -3.65. The molecule has 9 heteroatoms. The fourth-order valence-corrected chi connectivity index (χ4v) is 4.27. The van der Waals surface area contributed by atoms with Gasteiger partial charge < -0.3 is 20.5 Å². The van der Waals surface area contributed by atoms with Crippen molar-refractivity contribution in [3.05, 3.63) is 87.3 Å². The summed E-state index contributed by atoms with van der Waals surface area (Å²) < 4.78 is 20.2. The largest absolute Gasteiger partial charge is 0.493 e. The van der Waals surface area contributed by atoms with Crippen molar-refractivity contribution in [3.63, 3.8) is 0 Å². The van der Waals surface area contributed by atoms with Crippen LogP contribution >= 0.6 is 11.6 Å². The molecule has 188 valence electrons. The van der Waals surface area contributed by atoms with E-state index in [9.17, 15) is 19.1 Å². The van der Waals surface area contributed by atoms with Crippen LogP contribution in [0.4, 0.5) is 10.2 Å². The molecule has 0 fully saturated rings. The van der Waals surface area contributed by atoms with Gasteiger partial charge in [0, 0.05) is 25.1 Å². The SMILES string of the molecule is Cc1ccc(Cl)c(C(=O)N[C@@H](Cc2ccc(OCCc3ccc4c(n3)NCCC4)cc2)C(=O)O)c1F. The number of carboxylic acids is 1. The quantitative estimate of drug-likeness (QED) is 0.388. The van der Waals surface area contributed by atoms with Gasteiger partial charge in [0.05, 0.1) is 17.2 Å². The van der Waals surface area contributed by atoms with Crippen molar-refractivity contribution < 1.29 is 23.8 Å². The molecule has 1 aliphatic rings. The van der Waals surface area contributed by atoms with E-state index in [1.54, 1.807) is 24.3 Å². The van der Waals surface area contributed by atoms with Gasteiger partial charge in [0.25, 0.3) is 5.91 Å². The number of carbonyl (C=O) groups excluding carboxylic acids is 1. The number of nitrogens with one attached hydrogen (secondary N) is 2. The topological polar surface area (TPSA) is 101 Å². The zero-order valence-electron chi connectivity index (χ0n) is 19.8. The maximum atomic E-state index is 14.4. The fourth-order valence-electron chi connectivity index (χ4n) is 4.03. The van der Waals surface area contributed by atoms with Gasteiger partial charge in [-0.25, -0.2) is 14.2 Å². The molecule has 1 amide bonds. The lowest BCUT2D eigenvalue weighted by atomic mass is 10.0. The van der Waals surface area contributed by atoms with Crippen LogP contribution in [0.5, 0.6) is 5.75 Å². The van der Waals surface area contributed by atoms with E-state index < -0.39 is 23.7 Å². The van der Waals surface area contributed by atoms with Gasteiger partial charge in [-0.05, 0) is 60.7 Å². The van der Waals surface area contributed by atoms with E-state index in [1.807, 2.05) is 6.07 Å². The fraction of sp³-hybridized carbons (Fsp3) is 0.296. The van der Waals surface area contributed by atoms with Crippen LogP contribution in [0, 0.1) is 12.7 Å². The number of carbonyl (C=O) groups is 2. The van der Waals surface area contributed by atoms with Crippen molar-refractivity contribution >= 4 is 29.3 Å². The Morgan fingerprint density at radius 2 is 1.97 bits per heavy atom. The first-order valence-corrected chi connectivity index (χ1v) is 12.1. The van der Waals surface area contributed by atoms with Gasteiger partial charge in [0.2, 0.25) is 0 Å². The number of carboxylic acid groups (broad SMARTS) is 1. The minimum absolute atomic E-state index is 0.0124. The lowest BCUT2D eigenvalue weighted by Gasteiger charge is -2.17. The van der Waals surface area contributed by atoms with Crippen LogP contribution in [0.2, 0.25) is 5.02 Å². The van der Waals surface area contributed by atoms with Gasteiger partial charge in [-0.1, -0.05) is 35.9 Å². The summed E-state index contributed by atoms with van der Waals surface area (Å²) in [6.45, 7) is 2.89. The Morgan fingerprint density at radius 1 is 1.19 bits per heavy atom. The molecule has 3 aromatic rings. The predicted molar refractivity (Wildman–Crippen MR) is 135 cm³/mol. The van der Waals surface area contributed by atoms with E-state index >= 15 is 0 Å². The van der Waals surface area contributed by atoms with Gasteiger partial charge in [0.1, 0.15) is 23.4 Å². The Morgan fingerprint density at radius 3 is 2.72 bits per heavy atom. The standard InChI is InChI=1S/C27H27ClFN3O4/c1-16-4-11-21(28)23(24(16)29)26(33)32-22(27(34)35)15-17-5-9-20(10-6-17)36-14-12-19-8-7-18-3-2-13-30-25(18)31-19/h4-11,22H,2-3,12-15H2,1H3,(H,30,31)(H,32,33)(H,34,35)/t22-/m0/s1. The molecular formula is C27H27ClFN3O4. The predicted octanol–water partition coefficient (Wildman–Crippen LogP) is 4.59. The third-order valence-corrected chi connectivity index (χ3v) is 6.37. The number of ether oxygens (including phenoxy) is 1. The van der Waals surface area contributed by atoms with Gasteiger partial charge in [0.15, 0.2) is 0 Å². The van der Waals surface area contributed by atoms with Gasteiger partial charge in [-0.3, -0.25) is 4.79 Å². The number of hydrogen-bond donors (Lipinski definition) is 3. The van der Waals surface area contributed by atoms with E-state index in [2.05, 4.69) is 21.7 Å².